The van der Waals surface area contributed by atoms with E-state index in [1.54, 1.807) is 19.2 Å². The zero-order chi connectivity index (χ0) is 22.9. The number of nitrogens with zero attached hydrogens (tertiary/aromatic N) is 3. The molecule has 0 aliphatic rings. The fourth-order valence-corrected chi connectivity index (χ4v) is 4.01. The molecule has 5 rings (SSSR count). The first kappa shape index (κ1) is 20.8. The normalized spacial score (nSPS) is 11.2. The minimum Gasteiger partial charge on any atom is -0.497 e. The number of halogens is 1. The van der Waals surface area contributed by atoms with Gasteiger partial charge in [-0.1, -0.05) is 23.4 Å². The molecule has 3 aromatic carbocycles. The Morgan fingerprint density at radius 1 is 1.00 bits per heavy atom. The van der Waals surface area contributed by atoms with Gasteiger partial charge in [-0.25, -0.2) is 4.39 Å². The summed E-state index contributed by atoms with van der Waals surface area (Å²) in [5.74, 6) is 2.01. The summed E-state index contributed by atoms with van der Waals surface area (Å²) in [6.07, 6.45) is 0. The predicted octanol–water partition coefficient (Wildman–Crippen LogP) is 6.25. The SMILES string of the molecule is COc1ccc(Cn2nc(Nc3ccc(F)cc3)c3ccc(-c4c(C)noc4C)cc32)cc1. The number of aromatic nitrogens is 3. The maximum Gasteiger partial charge on any atom is 0.160 e. The van der Waals surface area contributed by atoms with E-state index in [9.17, 15) is 4.39 Å². The summed E-state index contributed by atoms with van der Waals surface area (Å²) in [6, 6.07) is 20.4. The number of rotatable bonds is 6. The first-order chi connectivity index (χ1) is 16.0. The first-order valence-electron chi connectivity index (χ1n) is 10.6. The number of ether oxygens (including phenoxy) is 1. The molecule has 0 atom stereocenters. The number of methoxy groups -OCH3 is 1. The fourth-order valence-electron chi connectivity index (χ4n) is 4.01. The van der Waals surface area contributed by atoms with E-state index in [0.717, 1.165) is 50.5 Å². The largest absolute Gasteiger partial charge is 0.497 e. The molecule has 1 N–H and O–H groups in total. The van der Waals surface area contributed by atoms with Crippen LogP contribution in [0.15, 0.2) is 71.3 Å². The van der Waals surface area contributed by atoms with Gasteiger partial charge in [0, 0.05) is 16.6 Å². The van der Waals surface area contributed by atoms with Crippen molar-refractivity contribution in [2.45, 2.75) is 20.4 Å². The van der Waals surface area contributed by atoms with Crippen LogP contribution in [0.1, 0.15) is 17.0 Å². The molecule has 2 aromatic heterocycles. The quantitative estimate of drug-likeness (QED) is 0.337. The summed E-state index contributed by atoms with van der Waals surface area (Å²) < 4.78 is 26.0. The summed E-state index contributed by atoms with van der Waals surface area (Å²) in [5, 5.41) is 13.2. The third-order valence-corrected chi connectivity index (χ3v) is 5.67. The second-order valence-electron chi connectivity index (χ2n) is 7.92. The van der Waals surface area contributed by atoms with E-state index in [0.29, 0.717) is 12.4 Å². The molecule has 5 aromatic rings. The molecule has 0 aliphatic heterocycles. The van der Waals surface area contributed by atoms with E-state index in [1.807, 2.05) is 54.9 Å². The lowest BCUT2D eigenvalue weighted by atomic mass is 10.0. The van der Waals surface area contributed by atoms with Crippen molar-refractivity contribution in [3.8, 4) is 16.9 Å². The van der Waals surface area contributed by atoms with Crippen molar-refractivity contribution in [2.24, 2.45) is 0 Å². The van der Waals surface area contributed by atoms with Crippen LogP contribution in [0.25, 0.3) is 22.0 Å². The van der Waals surface area contributed by atoms with Crippen LogP contribution < -0.4 is 10.1 Å². The van der Waals surface area contributed by atoms with Crippen LogP contribution >= 0.6 is 0 Å². The molecule has 2 heterocycles. The zero-order valence-electron chi connectivity index (χ0n) is 18.6. The Kier molecular flexibility index (Phi) is 5.30. The van der Waals surface area contributed by atoms with Gasteiger partial charge in [0.1, 0.15) is 17.3 Å². The fraction of sp³-hybridized carbons (Fsp3) is 0.154. The number of fused-ring (bicyclic) bond motifs is 1. The minimum atomic E-state index is -0.278. The average Bonchev–Trinajstić information content (AvgIpc) is 3.34. The van der Waals surface area contributed by atoms with Crippen LogP contribution in [-0.2, 0) is 6.54 Å². The topological polar surface area (TPSA) is 65.1 Å². The molecule has 0 radical (unpaired) electrons. The Hall–Kier alpha value is -4.13. The van der Waals surface area contributed by atoms with Crippen molar-refractivity contribution in [3.05, 3.63) is 89.6 Å². The maximum atomic E-state index is 13.4. The van der Waals surface area contributed by atoms with Gasteiger partial charge in [0.2, 0.25) is 0 Å². The molecule has 6 nitrogen and oxygen atoms in total. The van der Waals surface area contributed by atoms with E-state index in [-0.39, 0.29) is 5.82 Å². The van der Waals surface area contributed by atoms with Gasteiger partial charge in [-0.3, -0.25) is 4.68 Å². The van der Waals surface area contributed by atoms with Crippen LogP contribution in [0.4, 0.5) is 15.9 Å². The van der Waals surface area contributed by atoms with Gasteiger partial charge in [0.15, 0.2) is 5.82 Å². The van der Waals surface area contributed by atoms with Gasteiger partial charge in [0.05, 0.1) is 24.9 Å². The maximum absolute atomic E-state index is 13.4. The predicted molar refractivity (Wildman–Crippen MR) is 126 cm³/mol. The van der Waals surface area contributed by atoms with E-state index in [2.05, 4.69) is 16.5 Å². The van der Waals surface area contributed by atoms with E-state index in [4.69, 9.17) is 14.4 Å². The van der Waals surface area contributed by atoms with Gasteiger partial charge in [0.25, 0.3) is 0 Å². The number of anilines is 2. The number of aryl methyl sites for hydroxylation is 2. The van der Waals surface area contributed by atoms with Gasteiger partial charge in [-0.15, -0.1) is 0 Å². The average molecular weight is 442 g/mol. The first-order valence-corrected chi connectivity index (χ1v) is 10.6. The van der Waals surface area contributed by atoms with Crippen LogP contribution in [0.3, 0.4) is 0 Å². The van der Waals surface area contributed by atoms with Crippen LogP contribution in [0.2, 0.25) is 0 Å². The van der Waals surface area contributed by atoms with E-state index in [1.165, 1.54) is 12.1 Å². The molecular formula is C26H23FN4O2. The number of hydrogen-bond donors (Lipinski definition) is 1. The molecule has 0 amide bonds. The number of hydrogen-bond acceptors (Lipinski definition) is 5. The third-order valence-electron chi connectivity index (χ3n) is 5.67. The molecule has 166 valence electrons. The number of benzene rings is 3. The van der Waals surface area contributed by atoms with E-state index < -0.39 is 0 Å². The van der Waals surface area contributed by atoms with Crippen LogP contribution in [0, 0.1) is 19.7 Å². The molecule has 33 heavy (non-hydrogen) atoms. The highest BCUT2D eigenvalue weighted by molar-refractivity contribution is 5.95. The summed E-state index contributed by atoms with van der Waals surface area (Å²) in [5.41, 5.74) is 5.68. The van der Waals surface area contributed by atoms with Crippen molar-refractivity contribution in [1.29, 1.82) is 0 Å². The summed E-state index contributed by atoms with van der Waals surface area (Å²) in [4.78, 5) is 0. The highest BCUT2D eigenvalue weighted by Gasteiger charge is 2.16. The van der Waals surface area contributed by atoms with Crippen molar-refractivity contribution in [3.63, 3.8) is 0 Å². The summed E-state index contributed by atoms with van der Waals surface area (Å²) in [6.45, 7) is 4.43. The van der Waals surface area contributed by atoms with E-state index >= 15 is 0 Å². The molecule has 0 spiro atoms. The molecular weight excluding hydrogens is 419 g/mol. The third kappa shape index (κ3) is 4.05. The second kappa shape index (κ2) is 8.43. The number of nitrogens with one attached hydrogen (secondary N) is 1. The lowest BCUT2D eigenvalue weighted by Crippen LogP contribution is -2.02. The summed E-state index contributed by atoms with van der Waals surface area (Å²) >= 11 is 0. The van der Waals surface area contributed by atoms with Crippen molar-refractivity contribution >= 4 is 22.4 Å². The monoisotopic (exact) mass is 442 g/mol. The Balaban J connectivity index is 1.60. The van der Waals surface area contributed by atoms with Gasteiger partial charge in [-0.05, 0) is 73.5 Å². The Morgan fingerprint density at radius 2 is 1.76 bits per heavy atom. The van der Waals surface area contributed by atoms with Crippen LogP contribution in [0.5, 0.6) is 5.75 Å². The molecule has 0 fully saturated rings. The molecule has 0 aliphatic carbocycles. The summed E-state index contributed by atoms with van der Waals surface area (Å²) in [7, 11) is 1.65. The second-order valence-corrected chi connectivity index (χ2v) is 7.92. The highest BCUT2D eigenvalue weighted by Crippen LogP contribution is 2.33. The Morgan fingerprint density at radius 3 is 2.42 bits per heavy atom. The molecule has 0 saturated heterocycles. The Labute approximate surface area is 190 Å². The van der Waals surface area contributed by atoms with Gasteiger partial charge >= 0.3 is 0 Å². The zero-order valence-corrected chi connectivity index (χ0v) is 18.6. The molecule has 0 saturated carbocycles. The highest BCUT2D eigenvalue weighted by atomic mass is 19.1. The van der Waals surface area contributed by atoms with Crippen molar-refractivity contribution < 1.29 is 13.7 Å². The molecule has 7 heteroatoms. The van der Waals surface area contributed by atoms with Crippen molar-refractivity contribution in [1.82, 2.24) is 14.9 Å². The lowest BCUT2D eigenvalue weighted by Gasteiger charge is -2.07. The standard InChI is InChI=1S/C26H23FN4O2/c1-16-25(17(2)33-30-16)19-6-13-23-24(14-19)31(15-18-4-11-22(32-3)12-5-18)29-26(23)28-21-9-7-20(27)8-10-21/h4-14H,15H2,1-3H3,(H,28,29). The smallest absolute Gasteiger partial charge is 0.160 e. The lowest BCUT2D eigenvalue weighted by molar-refractivity contribution is 0.393. The molecule has 0 unspecified atom stereocenters. The Bertz CT molecular complexity index is 1400. The van der Waals surface area contributed by atoms with Crippen molar-refractivity contribution in [2.75, 3.05) is 12.4 Å². The van der Waals surface area contributed by atoms with Gasteiger partial charge < -0.3 is 14.6 Å². The minimum absolute atomic E-state index is 0.278. The molecule has 0 bridgehead atoms. The van der Waals surface area contributed by atoms with Gasteiger partial charge in [-0.2, -0.15) is 5.10 Å². The van der Waals surface area contributed by atoms with Crippen LogP contribution in [-0.4, -0.2) is 22.0 Å².